The summed E-state index contributed by atoms with van der Waals surface area (Å²) in [5.74, 6) is -2.60. The number of amides is 1. The van der Waals surface area contributed by atoms with Crippen LogP contribution in [0.3, 0.4) is 0 Å². The fourth-order valence-corrected chi connectivity index (χ4v) is 1.35. The van der Waals surface area contributed by atoms with Gasteiger partial charge in [-0.2, -0.15) is 4.39 Å². The first kappa shape index (κ1) is 13.1. The van der Waals surface area contributed by atoms with Gasteiger partial charge in [0.1, 0.15) is 0 Å². The molecule has 6 heteroatoms. The molecule has 1 aromatic rings. The Morgan fingerprint density at radius 3 is 2.71 bits per heavy atom. The smallest absolute Gasteiger partial charge is 0.305 e. The SMILES string of the molecule is CC(C)(CC(=O)O)NC(=O)c1cccnc1F. The number of pyridine rings is 1. The summed E-state index contributed by atoms with van der Waals surface area (Å²) in [7, 11) is 0. The minimum Gasteiger partial charge on any atom is -0.481 e. The number of carboxylic acids is 1. The van der Waals surface area contributed by atoms with Crippen LogP contribution in [-0.4, -0.2) is 27.5 Å². The van der Waals surface area contributed by atoms with Gasteiger partial charge >= 0.3 is 5.97 Å². The van der Waals surface area contributed by atoms with E-state index in [1.807, 2.05) is 0 Å². The molecule has 0 radical (unpaired) electrons. The van der Waals surface area contributed by atoms with Crippen molar-refractivity contribution in [2.24, 2.45) is 0 Å². The van der Waals surface area contributed by atoms with Gasteiger partial charge in [-0.3, -0.25) is 9.59 Å². The average Bonchev–Trinajstić information content (AvgIpc) is 2.14. The van der Waals surface area contributed by atoms with E-state index in [2.05, 4.69) is 10.3 Å². The van der Waals surface area contributed by atoms with Crippen molar-refractivity contribution >= 4 is 11.9 Å². The molecule has 0 aromatic carbocycles. The highest BCUT2D eigenvalue weighted by molar-refractivity contribution is 5.94. The van der Waals surface area contributed by atoms with Gasteiger partial charge in [0, 0.05) is 11.7 Å². The molecule has 0 bridgehead atoms. The predicted octanol–water partition coefficient (Wildman–Crippen LogP) is 1.20. The van der Waals surface area contributed by atoms with Crippen LogP contribution in [-0.2, 0) is 4.79 Å². The first-order valence-corrected chi connectivity index (χ1v) is 4.97. The summed E-state index contributed by atoms with van der Waals surface area (Å²) in [4.78, 5) is 25.6. The molecule has 0 atom stereocenters. The van der Waals surface area contributed by atoms with E-state index in [1.165, 1.54) is 18.3 Å². The summed E-state index contributed by atoms with van der Waals surface area (Å²) in [5, 5.41) is 11.1. The van der Waals surface area contributed by atoms with E-state index in [0.717, 1.165) is 0 Å². The largest absolute Gasteiger partial charge is 0.481 e. The minimum absolute atomic E-state index is 0.203. The van der Waals surface area contributed by atoms with E-state index >= 15 is 0 Å². The number of nitrogens with one attached hydrogen (secondary N) is 1. The molecule has 0 spiro atoms. The van der Waals surface area contributed by atoms with E-state index in [-0.39, 0.29) is 12.0 Å². The van der Waals surface area contributed by atoms with Gasteiger partial charge in [-0.05, 0) is 26.0 Å². The number of rotatable bonds is 4. The Morgan fingerprint density at radius 1 is 1.53 bits per heavy atom. The molecule has 0 fully saturated rings. The lowest BCUT2D eigenvalue weighted by Crippen LogP contribution is -2.45. The number of carboxylic acid groups (broad SMARTS) is 1. The van der Waals surface area contributed by atoms with Gasteiger partial charge in [0.05, 0.1) is 12.0 Å². The fourth-order valence-electron chi connectivity index (χ4n) is 1.35. The molecule has 92 valence electrons. The quantitative estimate of drug-likeness (QED) is 0.775. The Balaban J connectivity index is 2.79. The number of aliphatic carboxylic acids is 1. The van der Waals surface area contributed by atoms with E-state index in [9.17, 15) is 14.0 Å². The summed E-state index contributed by atoms with van der Waals surface area (Å²) in [5.41, 5.74) is -1.16. The highest BCUT2D eigenvalue weighted by Crippen LogP contribution is 2.11. The Bertz CT molecular complexity index is 446. The summed E-state index contributed by atoms with van der Waals surface area (Å²) in [6.45, 7) is 3.10. The average molecular weight is 240 g/mol. The minimum atomic E-state index is -1.04. The van der Waals surface area contributed by atoms with Crippen LogP contribution >= 0.6 is 0 Å². The van der Waals surface area contributed by atoms with Crippen LogP contribution in [0.15, 0.2) is 18.3 Å². The topological polar surface area (TPSA) is 79.3 Å². The van der Waals surface area contributed by atoms with Gasteiger partial charge in [0.25, 0.3) is 5.91 Å². The van der Waals surface area contributed by atoms with Crippen LogP contribution in [0.1, 0.15) is 30.6 Å². The molecule has 1 heterocycles. The zero-order valence-electron chi connectivity index (χ0n) is 9.53. The summed E-state index contributed by atoms with van der Waals surface area (Å²) in [6.07, 6.45) is 0.981. The van der Waals surface area contributed by atoms with Crippen molar-refractivity contribution in [1.82, 2.24) is 10.3 Å². The lowest BCUT2D eigenvalue weighted by atomic mass is 10.0. The maximum atomic E-state index is 13.2. The van der Waals surface area contributed by atoms with Gasteiger partial charge in [-0.25, -0.2) is 4.98 Å². The van der Waals surface area contributed by atoms with Crippen LogP contribution in [0.4, 0.5) is 4.39 Å². The van der Waals surface area contributed by atoms with Gasteiger partial charge in [-0.1, -0.05) is 0 Å². The third kappa shape index (κ3) is 3.82. The lowest BCUT2D eigenvalue weighted by molar-refractivity contribution is -0.138. The Hall–Kier alpha value is -1.98. The molecule has 2 N–H and O–H groups in total. The summed E-state index contributed by atoms with van der Waals surface area (Å²) in [6, 6.07) is 2.72. The van der Waals surface area contributed by atoms with Crippen molar-refractivity contribution in [3.05, 3.63) is 29.8 Å². The Labute approximate surface area is 97.7 Å². The first-order chi connectivity index (χ1) is 7.82. The number of hydrogen-bond donors (Lipinski definition) is 2. The molecule has 1 aromatic heterocycles. The number of halogens is 1. The molecule has 0 aliphatic carbocycles. The zero-order chi connectivity index (χ0) is 13.1. The fraction of sp³-hybridized carbons (Fsp3) is 0.364. The highest BCUT2D eigenvalue weighted by Gasteiger charge is 2.25. The van der Waals surface area contributed by atoms with E-state index in [4.69, 9.17) is 5.11 Å². The van der Waals surface area contributed by atoms with Gasteiger partial charge in [-0.15, -0.1) is 0 Å². The number of nitrogens with zero attached hydrogens (tertiary/aromatic N) is 1. The molecule has 0 unspecified atom stereocenters. The highest BCUT2D eigenvalue weighted by atomic mass is 19.1. The second-order valence-corrected chi connectivity index (χ2v) is 4.25. The standard InChI is InChI=1S/C11H13FN2O3/c1-11(2,6-8(15)16)14-10(17)7-4-3-5-13-9(7)12/h3-5H,6H2,1-2H3,(H,14,17)(H,15,16). The monoisotopic (exact) mass is 240 g/mol. The van der Waals surface area contributed by atoms with E-state index in [1.54, 1.807) is 13.8 Å². The Kier molecular flexibility index (Phi) is 3.77. The number of aromatic nitrogens is 1. The van der Waals surface area contributed by atoms with Crippen molar-refractivity contribution in [2.75, 3.05) is 0 Å². The van der Waals surface area contributed by atoms with Gasteiger partial charge < -0.3 is 10.4 Å². The molecule has 0 aliphatic rings. The van der Waals surface area contributed by atoms with Crippen molar-refractivity contribution in [1.29, 1.82) is 0 Å². The molecule has 0 saturated heterocycles. The Morgan fingerprint density at radius 2 is 2.18 bits per heavy atom. The third-order valence-electron chi connectivity index (χ3n) is 2.05. The maximum Gasteiger partial charge on any atom is 0.305 e. The van der Waals surface area contributed by atoms with E-state index in [0.29, 0.717) is 0 Å². The van der Waals surface area contributed by atoms with Gasteiger partial charge in [0.15, 0.2) is 0 Å². The number of carbonyl (C=O) groups excluding carboxylic acids is 1. The molecule has 0 aliphatic heterocycles. The summed E-state index contributed by atoms with van der Waals surface area (Å²) >= 11 is 0. The molecular weight excluding hydrogens is 227 g/mol. The van der Waals surface area contributed by atoms with Crippen LogP contribution in [0.5, 0.6) is 0 Å². The van der Waals surface area contributed by atoms with Crippen molar-refractivity contribution in [3.8, 4) is 0 Å². The maximum absolute atomic E-state index is 13.2. The zero-order valence-corrected chi connectivity index (χ0v) is 9.53. The third-order valence-corrected chi connectivity index (χ3v) is 2.05. The van der Waals surface area contributed by atoms with Crippen LogP contribution in [0.25, 0.3) is 0 Å². The first-order valence-electron chi connectivity index (χ1n) is 4.97. The predicted molar refractivity (Wildman–Crippen MR) is 58.0 cm³/mol. The van der Waals surface area contributed by atoms with Crippen LogP contribution in [0.2, 0.25) is 0 Å². The van der Waals surface area contributed by atoms with E-state index < -0.39 is 23.4 Å². The lowest BCUT2D eigenvalue weighted by Gasteiger charge is -2.24. The summed E-state index contributed by atoms with van der Waals surface area (Å²) < 4.78 is 13.2. The second kappa shape index (κ2) is 4.90. The van der Waals surface area contributed by atoms with Crippen molar-refractivity contribution in [2.45, 2.75) is 25.8 Å². The molecule has 17 heavy (non-hydrogen) atoms. The van der Waals surface area contributed by atoms with Crippen molar-refractivity contribution < 1.29 is 19.1 Å². The normalized spacial score (nSPS) is 11.0. The van der Waals surface area contributed by atoms with Gasteiger partial charge in [0.2, 0.25) is 5.95 Å². The molecule has 5 nitrogen and oxygen atoms in total. The molecule has 0 saturated carbocycles. The van der Waals surface area contributed by atoms with Crippen LogP contribution in [0, 0.1) is 5.95 Å². The second-order valence-electron chi connectivity index (χ2n) is 4.25. The number of hydrogen-bond acceptors (Lipinski definition) is 3. The van der Waals surface area contributed by atoms with Crippen molar-refractivity contribution in [3.63, 3.8) is 0 Å². The molecular formula is C11H13FN2O3. The molecule has 1 rings (SSSR count). The number of carbonyl (C=O) groups is 2. The van der Waals surface area contributed by atoms with Crippen LogP contribution < -0.4 is 5.32 Å². The molecule has 1 amide bonds.